The minimum atomic E-state index is -0.814. The van der Waals surface area contributed by atoms with E-state index in [1.165, 1.54) is 17.2 Å². The Morgan fingerprint density at radius 3 is 2.94 bits per heavy atom. The maximum absolute atomic E-state index is 14.0. The molecule has 4 aromatic rings. The van der Waals surface area contributed by atoms with Gasteiger partial charge in [0.25, 0.3) is 0 Å². The van der Waals surface area contributed by atoms with Crippen LogP contribution in [0.15, 0.2) is 54.6 Å². The van der Waals surface area contributed by atoms with Gasteiger partial charge in [-0.2, -0.15) is 0 Å². The van der Waals surface area contributed by atoms with Crippen LogP contribution in [0.3, 0.4) is 0 Å². The molecule has 7 heteroatoms. The molecule has 0 fully saturated rings. The number of rotatable bonds is 5. The summed E-state index contributed by atoms with van der Waals surface area (Å²) in [4.78, 5) is 15.7. The highest BCUT2D eigenvalue weighted by atomic mass is 19.1. The molecule has 2 N–H and O–H groups in total. The van der Waals surface area contributed by atoms with E-state index in [4.69, 9.17) is 9.84 Å². The molecule has 0 radical (unpaired) electrons. The third kappa shape index (κ3) is 3.39. The van der Waals surface area contributed by atoms with Gasteiger partial charge in [0.2, 0.25) is 0 Å². The lowest BCUT2D eigenvalue weighted by Gasteiger charge is -2.18. The van der Waals surface area contributed by atoms with Crippen LogP contribution in [0.4, 0.5) is 10.1 Å². The molecule has 2 heterocycles. The fraction of sp³-hybridized carbons (Fsp3) is 0.259. The second-order valence-electron chi connectivity index (χ2n) is 9.07. The molecule has 0 saturated heterocycles. The Morgan fingerprint density at radius 2 is 2.09 bits per heavy atom. The molecule has 6 rings (SSSR count). The number of benzene rings is 3. The number of ether oxygens (including phenoxy) is 1. The number of hydrogen-bond acceptors (Lipinski definition) is 4. The van der Waals surface area contributed by atoms with Gasteiger partial charge in [-0.15, -0.1) is 0 Å². The summed E-state index contributed by atoms with van der Waals surface area (Å²) in [5.74, 6) is 0.396. The minimum Gasteiger partial charge on any atom is -0.493 e. The summed E-state index contributed by atoms with van der Waals surface area (Å²) in [6.45, 7) is 2.35. The smallest absolute Gasteiger partial charge is 0.304 e. The number of imidazole rings is 1. The summed E-state index contributed by atoms with van der Waals surface area (Å²) in [6.07, 6.45) is 1.91. The summed E-state index contributed by atoms with van der Waals surface area (Å²) in [5, 5.41) is 12.8. The highest BCUT2D eigenvalue weighted by Crippen LogP contribution is 2.41. The Labute approximate surface area is 196 Å². The first-order chi connectivity index (χ1) is 16.5. The van der Waals surface area contributed by atoms with Crippen molar-refractivity contribution in [3.8, 4) is 11.4 Å². The average molecular weight is 458 g/mol. The molecule has 3 aromatic carbocycles. The molecule has 0 bridgehead atoms. The predicted octanol–water partition coefficient (Wildman–Crippen LogP) is 5.52. The summed E-state index contributed by atoms with van der Waals surface area (Å²) < 4.78 is 21.8. The predicted molar refractivity (Wildman–Crippen MR) is 127 cm³/mol. The fourth-order valence-corrected chi connectivity index (χ4v) is 5.41. The van der Waals surface area contributed by atoms with Gasteiger partial charge in [0.05, 0.1) is 35.8 Å². The Hall–Kier alpha value is -3.87. The summed E-state index contributed by atoms with van der Waals surface area (Å²) in [7, 11) is 0. The SMILES string of the molecule is Cc1nc2ccc(F)cc2n1-c1cccc2c1CCC2Nc1ccc2c(c1)OCC2CC(=O)O. The first-order valence-electron chi connectivity index (χ1n) is 11.5. The molecule has 1 aliphatic carbocycles. The van der Waals surface area contributed by atoms with Gasteiger partial charge in [-0.3, -0.25) is 9.36 Å². The van der Waals surface area contributed by atoms with Crippen molar-refractivity contribution in [3.63, 3.8) is 0 Å². The number of aryl methyl sites for hydroxylation is 1. The van der Waals surface area contributed by atoms with Crippen LogP contribution in [0.2, 0.25) is 0 Å². The molecule has 1 aliphatic heterocycles. The average Bonchev–Trinajstić information content (AvgIpc) is 3.48. The molecular formula is C27H24FN3O3. The van der Waals surface area contributed by atoms with Crippen LogP contribution in [0, 0.1) is 12.7 Å². The number of anilines is 1. The summed E-state index contributed by atoms with van der Waals surface area (Å²) in [6, 6.07) is 17.0. The molecule has 172 valence electrons. The maximum Gasteiger partial charge on any atom is 0.304 e. The lowest BCUT2D eigenvalue weighted by molar-refractivity contribution is -0.137. The van der Waals surface area contributed by atoms with E-state index in [2.05, 4.69) is 22.4 Å². The Balaban J connectivity index is 1.31. The second kappa shape index (κ2) is 7.87. The first kappa shape index (κ1) is 20.7. The zero-order valence-electron chi connectivity index (χ0n) is 18.7. The number of carbonyl (C=O) groups is 1. The molecule has 34 heavy (non-hydrogen) atoms. The number of nitrogens with one attached hydrogen (secondary N) is 1. The number of carboxylic acid groups (broad SMARTS) is 1. The van der Waals surface area contributed by atoms with E-state index in [-0.39, 0.29) is 24.2 Å². The molecule has 2 aliphatic rings. The monoisotopic (exact) mass is 457 g/mol. The third-order valence-corrected chi connectivity index (χ3v) is 6.93. The number of hydrogen-bond donors (Lipinski definition) is 2. The van der Waals surface area contributed by atoms with Gasteiger partial charge in [0, 0.05) is 29.3 Å². The van der Waals surface area contributed by atoms with Crippen LogP contribution in [0.1, 0.15) is 47.3 Å². The Kier molecular flexibility index (Phi) is 4.79. The Morgan fingerprint density at radius 1 is 1.21 bits per heavy atom. The van der Waals surface area contributed by atoms with Crippen molar-refractivity contribution in [2.45, 2.75) is 38.1 Å². The molecule has 1 aromatic heterocycles. The number of aromatic nitrogens is 2. The van der Waals surface area contributed by atoms with Crippen molar-refractivity contribution < 1.29 is 19.0 Å². The third-order valence-electron chi connectivity index (χ3n) is 6.93. The molecule has 0 saturated carbocycles. The standard InChI is InChI=1S/C27H24FN3O3/c1-15-29-23-9-5-17(28)12-25(23)31(15)24-4-2-3-20-21(24)8-10-22(20)30-18-6-7-19-16(11-27(32)33)14-34-26(19)13-18/h2-7,9,12-13,16,22,30H,8,10-11,14H2,1H3,(H,32,33). The van der Waals surface area contributed by atoms with Gasteiger partial charge in [-0.25, -0.2) is 9.37 Å². The van der Waals surface area contributed by atoms with Crippen LogP contribution in [0.25, 0.3) is 16.7 Å². The molecule has 0 spiro atoms. The van der Waals surface area contributed by atoms with Gasteiger partial charge in [0.15, 0.2) is 0 Å². The van der Waals surface area contributed by atoms with E-state index < -0.39 is 5.97 Å². The van der Waals surface area contributed by atoms with Crippen molar-refractivity contribution in [1.82, 2.24) is 9.55 Å². The fourth-order valence-electron chi connectivity index (χ4n) is 5.41. The summed E-state index contributed by atoms with van der Waals surface area (Å²) in [5.41, 5.74) is 6.96. The van der Waals surface area contributed by atoms with Crippen LogP contribution >= 0.6 is 0 Å². The van der Waals surface area contributed by atoms with Gasteiger partial charge in [-0.05, 0) is 55.2 Å². The van der Waals surface area contributed by atoms with Gasteiger partial charge < -0.3 is 15.2 Å². The molecule has 2 unspecified atom stereocenters. The van der Waals surface area contributed by atoms with E-state index in [9.17, 15) is 9.18 Å². The van der Waals surface area contributed by atoms with E-state index in [0.717, 1.165) is 52.4 Å². The van der Waals surface area contributed by atoms with Crippen molar-refractivity contribution in [2.75, 3.05) is 11.9 Å². The lowest BCUT2D eigenvalue weighted by Crippen LogP contribution is -2.08. The zero-order valence-corrected chi connectivity index (χ0v) is 18.7. The molecule has 6 nitrogen and oxygen atoms in total. The highest BCUT2D eigenvalue weighted by molar-refractivity contribution is 5.79. The lowest BCUT2D eigenvalue weighted by atomic mass is 9.97. The van der Waals surface area contributed by atoms with E-state index in [1.54, 1.807) is 12.1 Å². The number of nitrogens with zero attached hydrogens (tertiary/aromatic N) is 2. The van der Waals surface area contributed by atoms with Crippen LogP contribution in [-0.2, 0) is 11.2 Å². The normalized spacial score (nSPS) is 18.5. The number of halogens is 1. The maximum atomic E-state index is 14.0. The highest BCUT2D eigenvalue weighted by Gasteiger charge is 2.29. The minimum absolute atomic E-state index is 0.0742. The molecule has 0 amide bonds. The summed E-state index contributed by atoms with van der Waals surface area (Å²) >= 11 is 0. The quantitative estimate of drug-likeness (QED) is 0.413. The van der Waals surface area contributed by atoms with Gasteiger partial charge >= 0.3 is 5.97 Å². The van der Waals surface area contributed by atoms with Crippen LogP contribution in [-0.4, -0.2) is 27.2 Å². The van der Waals surface area contributed by atoms with Gasteiger partial charge in [0.1, 0.15) is 17.4 Å². The first-order valence-corrected chi connectivity index (χ1v) is 11.5. The topological polar surface area (TPSA) is 76.4 Å². The van der Waals surface area contributed by atoms with E-state index in [0.29, 0.717) is 6.61 Å². The van der Waals surface area contributed by atoms with Crippen molar-refractivity contribution >= 4 is 22.7 Å². The van der Waals surface area contributed by atoms with Crippen molar-refractivity contribution in [3.05, 3.63) is 82.9 Å². The number of fused-ring (bicyclic) bond motifs is 3. The van der Waals surface area contributed by atoms with Crippen LogP contribution in [0.5, 0.6) is 5.75 Å². The van der Waals surface area contributed by atoms with Crippen molar-refractivity contribution in [2.24, 2.45) is 0 Å². The zero-order chi connectivity index (χ0) is 23.4. The Bertz CT molecular complexity index is 1440. The number of carboxylic acids is 1. The van der Waals surface area contributed by atoms with Crippen LogP contribution < -0.4 is 10.1 Å². The van der Waals surface area contributed by atoms with E-state index >= 15 is 0 Å². The molecular weight excluding hydrogens is 433 g/mol. The van der Waals surface area contributed by atoms with E-state index in [1.807, 2.05) is 35.8 Å². The second-order valence-corrected chi connectivity index (χ2v) is 9.07. The number of aliphatic carboxylic acids is 1. The van der Waals surface area contributed by atoms with Crippen molar-refractivity contribution in [1.29, 1.82) is 0 Å². The van der Waals surface area contributed by atoms with Gasteiger partial charge in [-0.1, -0.05) is 18.2 Å². The molecule has 2 atom stereocenters. The largest absolute Gasteiger partial charge is 0.493 e.